The molecule has 0 spiro atoms. The van der Waals surface area contributed by atoms with Gasteiger partial charge in [-0.1, -0.05) is 12.1 Å². The molecule has 1 saturated heterocycles. The number of hydrogen-bond acceptors (Lipinski definition) is 3. The lowest BCUT2D eigenvalue weighted by molar-refractivity contribution is -0.147. The molecule has 2 rings (SSSR count). The molecule has 1 aromatic carbocycles. The molecule has 1 heterocycles. The summed E-state index contributed by atoms with van der Waals surface area (Å²) >= 11 is 0. The van der Waals surface area contributed by atoms with Crippen LogP contribution in [0.3, 0.4) is 0 Å². The molecular weight excluding hydrogens is 178 g/mol. The van der Waals surface area contributed by atoms with Gasteiger partial charge in [0, 0.05) is 5.69 Å². The van der Waals surface area contributed by atoms with Crippen LogP contribution in [0.1, 0.15) is 24.3 Å². The van der Waals surface area contributed by atoms with Crippen molar-refractivity contribution in [1.29, 1.82) is 0 Å². The van der Waals surface area contributed by atoms with Crippen LogP contribution in [-0.4, -0.2) is 12.6 Å². The van der Waals surface area contributed by atoms with Gasteiger partial charge in [-0.2, -0.15) is 0 Å². The third-order valence-corrected chi connectivity index (χ3v) is 2.55. The summed E-state index contributed by atoms with van der Waals surface area (Å²) < 4.78 is 4.89. The lowest BCUT2D eigenvalue weighted by Crippen LogP contribution is -2.19. The van der Waals surface area contributed by atoms with Gasteiger partial charge in [0.25, 0.3) is 0 Å². The Kier molecular flexibility index (Phi) is 2.39. The van der Waals surface area contributed by atoms with Gasteiger partial charge in [0.1, 0.15) is 0 Å². The predicted molar refractivity (Wildman–Crippen MR) is 53.8 cm³/mol. The van der Waals surface area contributed by atoms with E-state index in [4.69, 9.17) is 10.5 Å². The maximum absolute atomic E-state index is 11.1. The third-order valence-electron chi connectivity index (χ3n) is 2.55. The van der Waals surface area contributed by atoms with Gasteiger partial charge in [0.15, 0.2) is 0 Å². The number of hydrogen-bond donors (Lipinski definition) is 1. The van der Waals surface area contributed by atoms with Crippen LogP contribution < -0.4 is 5.73 Å². The topological polar surface area (TPSA) is 52.3 Å². The van der Waals surface area contributed by atoms with Crippen LogP contribution in [0, 0.1) is 0 Å². The highest BCUT2D eigenvalue weighted by Crippen LogP contribution is 2.27. The van der Waals surface area contributed by atoms with E-state index in [9.17, 15) is 4.79 Å². The Labute approximate surface area is 82.9 Å². The fraction of sp³-hybridized carbons (Fsp3) is 0.364. The van der Waals surface area contributed by atoms with Crippen LogP contribution in [0.15, 0.2) is 24.3 Å². The molecule has 0 aliphatic carbocycles. The van der Waals surface area contributed by atoms with Gasteiger partial charge in [-0.15, -0.1) is 0 Å². The molecule has 1 unspecified atom stereocenters. The molecule has 1 fully saturated rings. The largest absolute Gasteiger partial charge is 0.466 e. The Bertz CT molecular complexity index is 332. The summed E-state index contributed by atoms with van der Waals surface area (Å²) in [7, 11) is 0. The quantitative estimate of drug-likeness (QED) is 0.543. The fourth-order valence-electron chi connectivity index (χ4n) is 1.73. The van der Waals surface area contributed by atoms with E-state index in [1.807, 2.05) is 24.3 Å². The number of anilines is 1. The van der Waals surface area contributed by atoms with Crippen LogP contribution in [0.25, 0.3) is 0 Å². The smallest absolute Gasteiger partial charge is 0.306 e. The SMILES string of the molecule is Nc1ccc(C2CCOC(=O)C2)cc1. The first-order valence-corrected chi connectivity index (χ1v) is 4.77. The summed E-state index contributed by atoms with van der Waals surface area (Å²) in [6.45, 7) is 0.536. The minimum absolute atomic E-state index is 0.0990. The van der Waals surface area contributed by atoms with E-state index in [1.54, 1.807) is 0 Å². The number of carbonyl (C=O) groups is 1. The second-order valence-corrected chi connectivity index (χ2v) is 3.58. The summed E-state index contributed by atoms with van der Waals surface area (Å²) in [5, 5.41) is 0. The maximum atomic E-state index is 11.1. The Morgan fingerprint density at radius 2 is 2.00 bits per heavy atom. The van der Waals surface area contributed by atoms with Crippen molar-refractivity contribution in [3.8, 4) is 0 Å². The standard InChI is InChI=1S/C11H13NO2/c12-10-3-1-8(2-4-10)9-5-6-14-11(13)7-9/h1-4,9H,5-7,12H2. The van der Waals surface area contributed by atoms with Gasteiger partial charge < -0.3 is 10.5 Å². The molecule has 1 aliphatic rings. The number of esters is 1. The molecule has 0 saturated carbocycles. The number of nitrogen functional groups attached to an aromatic ring is 1. The minimum Gasteiger partial charge on any atom is -0.466 e. The van der Waals surface area contributed by atoms with E-state index in [0.717, 1.165) is 12.1 Å². The third kappa shape index (κ3) is 1.87. The van der Waals surface area contributed by atoms with Crippen molar-refractivity contribution < 1.29 is 9.53 Å². The van der Waals surface area contributed by atoms with E-state index in [0.29, 0.717) is 18.9 Å². The normalized spacial score (nSPS) is 21.7. The monoisotopic (exact) mass is 191 g/mol. The van der Waals surface area contributed by atoms with E-state index >= 15 is 0 Å². The summed E-state index contributed by atoms with van der Waals surface area (Å²) in [5.41, 5.74) is 7.53. The average Bonchev–Trinajstić information content (AvgIpc) is 2.19. The predicted octanol–water partition coefficient (Wildman–Crippen LogP) is 1.69. The maximum Gasteiger partial charge on any atom is 0.306 e. The molecule has 3 heteroatoms. The van der Waals surface area contributed by atoms with Crippen LogP contribution in [0.5, 0.6) is 0 Å². The van der Waals surface area contributed by atoms with Crippen molar-refractivity contribution in [1.82, 2.24) is 0 Å². The minimum atomic E-state index is -0.0990. The van der Waals surface area contributed by atoms with Gasteiger partial charge >= 0.3 is 5.97 Å². The van der Waals surface area contributed by atoms with E-state index in [-0.39, 0.29) is 5.97 Å². The van der Waals surface area contributed by atoms with Crippen molar-refractivity contribution in [2.45, 2.75) is 18.8 Å². The lowest BCUT2D eigenvalue weighted by Gasteiger charge is -2.21. The van der Waals surface area contributed by atoms with Gasteiger partial charge in [-0.05, 0) is 30.0 Å². The second kappa shape index (κ2) is 3.70. The van der Waals surface area contributed by atoms with Crippen molar-refractivity contribution in [2.75, 3.05) is 12.3 Å². The first-order chi connectivity index (χ1) is 6.75. The molecule has 0 amide bonds. The molecule has 0 radical (unpaired) electrons. The molecule has 1 atom stereocenters. The van der Waals surface area contributed by atoms with Crippen LogP contribution >= 0.6 is 0 Å². The number of carbonyl (C=O) groups excluding carboxylic acids is 1. The zero-order valence-electron chi connectivity index (χ0n) is 7.90. The summed E-state index contributed by atoms with van der Waals surface area (Å²) in [6, 6.07) is 7.71. The Hall–Kier alpha value is -1.51. The van der Waals surface area contributed by atoms with Crippen molar-refractivity contribution in [2.24, 2.45) is 0 Å². The fourth-order valence-corrected chi connectivity index (χ4v) is 1.73. The highest BCUT2D eigenvalue weighted by Gasteiger charge is 2.21. The van der Waals surface area contributed by atoms with Crippen LogP contribution in [-0.2, 0) is 9.53 Å². The van der Waals surface area contributed by atoms with Gasteiger partial charge in [0.05, 0.1) is 13.0 Å². The first-order valence-electron chi connectivity index (χ1n) is 4.77. The number of cyclic esters (lactones) is 1. The van der Waals surface area contributed by atoms with Crippen LogP contribution in [0.2, 0.25) is 0 Å². The summed E-state index contributed by atoms with van der Waals surface area (Å²) in [5.74, 6) is 0.204. The van der Waals surface area contributed by atoms with Gasteiger partial charge in [0.2, 0.25) is 0 Å². The highest BCUT2D eigenvalue weighted by atomic mass is 16.5. The molecule has 74 valence electrons. The van der Waals surface area contributed by atoms with Crippen molar-refractivity contribution in [3.63, 3.8) is 0 Å². The Balaban J connectivity index is 2.14. The lowest BCUT2D eigenvalue weighted by atomic mass is 9.91. The van der Waals surface area contributed by atoms with Crippen molar-refractivity contribution >= 4 is 11.7 Å². The average molecular weight is 191 g/mol. The number of benzene rings is 1. The molecular formula is C11H13NO2. The van der Waals surface area contributed by atoms with Crippen LogP contribution in [0.4, 0.5) is 5.69 Å². The van der Waals surface area contributed by atoms with Gasteiger partial charge in [-0.3, -0.25) is 4.79 Å². The summed E-state index contributed by atoms with van der Waals surface area (Å²) in [6.07, 6.45) is 1.40. The molecule has 2 N–H and O–H groups in total. The number of nitrogens with two attached hydrogens (primary N) is 1. The molecule has 0 bridgehead atoms. The van der Waals surface area contributed by atoms with E-state index in [1.165, 1.54) is 5.56 Å². The zero-order chi connectivity index (χ0) is 9.97. The van der Waals surface area contributed by atoms with E-state index in [2.05, 4.69) is 0 Å². The first kappa shape index (κ1) is 9.06. The highest BCUT2D eigenvalue weighted by molar-refractivity contribution is 5.71. The molecule has 1 aromatic rings. The Morgan fingerprint density at radius 3 is 2.64 bits per heavy atom. The number of rotatable bonds is 1. The Morgan fingerprint density at radius 1 is 1.29 bits per heavy atom. The van der Waals surface area contributed by atoms with Crippen molar-refractivity contribution in [3.05, 3.63) is 29.8 Å². The second-order valence-electron chi connectivity index (χ2n) is 3.58. The van der Waals surface area contributed by atoms with E-state index < -0.39 is 0 Å². The molecule has 3 nitrogen and oxygen atoms in total. The van der Waals surface area contributed by atoms with Gasteiger partial charge in [-0.25, -0.2) is 0 Å². The molecule has 0 aromatic heterocycles. The number of ether oxygens (including phenoxy) is 1. The zero-order valence-corrected chi connectivity index (χ0v) is 7.90. The molecule has 1 aliphatic heterocycles. The summed E-state index contributed by atoms with van der Waals surface area (Å²) in [4.78, 5) is 11.1. The molecule has 14 heavy (non-hydrogen) atoms.